The SMILES string of the molecule is COc1cc(C(=O)O)cc(C/C=C(/C)CC/C=C(/C)CC/C=C(/C)CC/C=C(/C)CC/C=C(/C)CCC=C(C)C)c1O. The van der Waals surface area contributed by atoms with Crippen molar-refractivity contribution in [1.29, 1.82) is 0 Å². The van der Waals surface area contributed by atoms with Crippen molar-refractivity contribution >= 4 is 5.97 Å². The van der Waals surface area contributed by atoms with Crippen LogP contribution in [0.5, 0.6) is 11.5 Å². The van der Waals surface area contributed by atoms with Gasteiger partial charge in [0, 0.05) is 5.56 Å². The summed E-state index contributed by atoms with van der Waals surface area (Å²) in [7, 11) is 1.42. The summed E-state index contributed by atoms with van der Waals surface area (Å²) in [5.74, 6) is -0.852. The monoisotopic (exact) mass is 576 g/mol. The molecule has 0 fully saturated rings. The predicted molar refractivity (Wildman–Crippen MR) is 180 cm³/mol. The molecule has 1 aromatic carbocycles. The molecule has 4 heteroatoms. The largest absolute Gasteiger partial charge is 0.504 e. The molecule has 1 rings (SSSR count). The fraction of sp³-hybridized carbons (Fsp3) is 0.500. The first-order valence-corrected chi connectivity index (χ1v) is 15.5. The van der Waals surface area contributed by atoms with Gasteiger partial charge in [0.25, 0.3) is 0 Å². The molecule has 1 aromatic rings. The van der Waals surface area contributed by atoms with Gasteiger partial charge in [0.15, 0.2) is 11.5 Å². The van der Waals surface area contributed by atoms with Gasteiger partial charge in [0.05, 0.1) is 12.7 Å². The Hall–Kier alpha value is -3.27. The zero-order valence-corrected chi connectivity index (χ0v) is 27.6. The number of aromatic hydroxyl groups is 1. The molecule has 0 aliphatic rings. The average Bonchev–Trinajstić information content (AvgIpc) is 2.92. The number of rotatable bonds is 19. The third kappa shape index (κ3) is 16.2. The molecule has 0 radical (unpaired) electrons. The summed E-state index contributed by atoms with van der Waals surface area (Å²) in [5, 5.41) is 19.7. The van der Waals surface area contributed by atoms with Crippen molar-refractivity contribution in [3.63, 3.8) is 0 Å². The number of phenols is 1. The van der Waals surface area contributed by atoms with Crippen LogP contribution in [0.1, 0.15) is 129 Å². The number of carboxylic acids is 1. The summed E-state index contributed by atoms with van der Waals surface area (Å²) in [5.41, 5.74) is 9.14. The molecule has 4 nitrogen and oxygen atoms in total. The summed E-state index contributed by atoms with van der Waals surface area (Å²) in [6, 6.07) is 2.85. The normalized spacial score (nSPS) is 13.4. The van der Waals surface area contributed by atoms with E-state index in [4.69, 9.17) is 4.74 Å². The van der Waals surface area contributed by atoms with E-state index in [1.165, 1.54) is 59.1 Å². The number of aromatic carboxylic acids is 1. The maximum atomic E-state index is 11.4. The van der Waals surface area contributed by atoms with E-state index < -0.39 is 5.97 Å². The molecule has 0 unspecified atom stereocenters. The predicted octanol–water partition coefficient (Wildman–Crippen LogP) is 11.2. The lowest BCUT2D eigenvalue weighted by atomic mass is 10.0. The average molecular weight is 577 g/mol. The van der Waals surface area contributed by atoms with E-state index in [1.807, 2.05) is 0 Å². The van der Waals surface area contributed by atoms with Crippen LogP contribution in [-0.4, -0.2) is 23.3 Å². The van der Waals surface area contributed by atoms with Crippen LogP contribution in [0.25, 0.3) is 0 Å². The van der Waals surface area contributed by atoms with Gasteiger partial charge in [0.2, 0.25) is 0 Å². The molecule has 0 aliphatic heterocycles. The van der Waals surface area contributed by atoms with Crippen LogP contribution in [0, 0.1) is 0 Å². The summed E-state index contributed by atoms with van der Waals surface area (Å²) in [6.45, 7) is 15.4. The maximum absolute atomic E-state index is 11.4. The Bertz CT molecular complexity index is 1180. The van der Waals surface area contributed by atoms with E-state index >= 15 is 0 Å². The lowest BCUT2D eigenvalue weighted by Crippen LogP contribution is -2.00. The van der Waals surface area contributed by atoms with Gasteiger partial charge in [0.1, 0.15) is 0 Å². The fourth-order valence-corrected chi connectivity index (χ4v) is 4.67. The van der Waals surface area contributed by atoms with Gasteiger partial charge in [-0.15, -0.1) is 0 Å². The highest BCUT2D eigenvalue weighted by Gasteiger charge is 2.13. The number of ether oxygens (including phenoxy) is 1. The number of allylic oxidation sites excluding steroid dienone is 12. The van der Waals surface area contributed by atoms with Crippen LogP contribution >= 0.6 is 0 Å². The fourth-order valence-electron chi connectivity index (χ4n) is 4.67. The Morgan fingerprint density at radius 1 is 0.643 bits per heavy atom. The van der Waals surface area contributed by atoms with Gasteiger partial charge < -0.3 is 14.9 Å². The number of hydrogen-bond acceptors (Lipinski definition) is 3. The Morgan fingerprint density at radius 3 is 1.38 bits per heavy atom. The molecule has 0 spiro atoms. The van der Waals surface area contributed by atoms with Crippen LogP contribution in [0.4, 0.5) is 0 Å². The third-order valence-corrected chi connectivity index (χ3v) is 7.51. The second-order valence-electron chi connectivity index (χ2n) is 11.9. The molecule has 0 bridgehead atoms. The topological polar surface area (TPSA) is 66.8 Å². The molecule has 0 atom stereocenters. The quantitative estimate of drug-likeness (QED) is 0.161. The molecule has 0 heterocycles. The van der Waals surface area contributed by atoms with Gasteiger partial charge in [-0.1, -0.05) is 69.9 Å². The zero-order chi connectivity index (χ0) is 31.5. The molecule has 0 aromatic heterocycles. The van der Waals surface area contributed by atoms with E-state index in [1.54, 1.807) is 0 Å². The number of hydrogen-bond donors (Lipinski definition) is 2. The van der Waals surface area contributed by atoms with Crippen molar-refractivity contribution in [2.75, 3.05) is 7.11 Å². The van der Waals surface area contributed by atoms with Crippen LogP contribution in [0.3, 0.4) is 0 Å². The molecule has 232 valence electrons. The summed E-state index contributed by atoms with van der Waals surface area (Å²) >= 11 is 0. The molecule has 42 heavy (non-hydrogen) atoms. The van der Waals surface area contributed by atoms with E-state index in [0.717, 1.165) is 57.8 Å². The Morgan fingerprint density at radius 2 is 1.02 bits per heavy atom. The van der Waals surface area contributed by atoms with Crippen molar-refractivity contribution in [1.82, 2.24) is 0 Å². The summed E-state index contributed by atoms with van der Waals surface area (Å²) < 4.78 is 5.13. The van der Waals surface area contributed by atoms with Gasteiger partial charge in [-0.2, -0.15) is 0 Å². The Labute approximate surface area is 256 Å². The van der Waals surface area contributed by atoms with Crippen LogP contribution < -0.4 is 4.74 Å². The molecular formula is C38H56O4. The molecule has 2 N–H and O–H groups in total. The Kier molecular flexibility index (Phi) is 18.0. The van der Waals surface area contributed by atoms with Crippen molar-refractivity contribution < 1.29 is 19.7 Å². The number of carbonyl (C=O) groups is 1. The van der Waals surface area contributed by atoms with Gasteiger partial charge >= 0.3 is 5.97 Å². The van der Waals surface area contributed by atoms with Crippen molar-refractivity contribution in [2.45, 2.75) is 119 Å². The lowest BCUT2D eigenvalue weighted by molar-refractivity contribution is 0.0696. The number of methoxy groups -OCH3 is 1. The first-order valence-electron chi connectivity index (χ1n) is 15.5. The van der Waals surface area contributed by atoms with E-state index in [9.17, 15) is 15.0 Å². The van der Waals surface area contributed by atoms with Crippen molar-refractivity contribution in [3.05, 3.63) is 93.2 Å². The smallest absolute Gasteiger partial charge is 0.335 e. The second-order valence-corrected chi connectivity index (χ2v) is 11.9. The zero-order valence-electron chi connectivity index (χ0n) is 27.6. The van der Waals surface area contributed by atoms with Gasteiger partial charge in [-0.3, -0.25) is 0 Å². The molecular weight excluding hydrogens is 520 g/mol. The van der Waals surface area contributed by atoms with Crippen molar-refractivity contribution in [3.8, 4) is 11.5 Å². The molecule has 0 aliphatic carbocycles. The van der Waals surface area contributed by atoms with Gasteiger partial charge in [-0.05, 0) is 131 Å². The van der Waals surface area contributed by atoms with E-state index in [-0.39, 0.29) is 17.1 Å². The van der Waals surface area contributed by atoms with Gasteiger partial charge in [-0.25, -0.2) is 4.79 Å². The van der Waals surface area contributed by atoms with E-state index in [0.29, 0.717) is 12.0 Å². The van der Waals surface area contributed by atoms with Crippen LogP contribution in [-0.2, 0) is 6.42 Å². The minimum atomic E-state index is -1.04. The number of carboxylic acid groups (broad SMARTS) is 1. The van der Waals surface area contributed by atoms with Crippen LogP contribution in [0.2, 0.25) is 0 Å². The highest BCUT2D eigenvalue weighted by Crippen LogP contribution is 2.32. The lowest BCUT2D eigenvalue weighted by Gasteiger charge is -2.10. The minimum absolute atomic E-state index is 0.000956. The molecule has 0 saturated heterocycles. The Balaban J connectivity index is 2.40. The highest BCUT2D eigenvalue weighted by atomic mass is 16.5. The number of phenolic OH excluding ortho intramolecular Hbond substituents is 1. The highest BCUT2D eigenvalue weighted by molar-refractivity contribution is 5.89. The van der Waals surface area contributed by atoms with Crippen LogP contribution in [0.15, 0.2) is 82.0 Å². The first-order chi connectivity index (χ1) is 19.9. The van der Waals surface area contributed by atoms with Crippen molar-refractivity contribution in [2.24, 2.45) is 0 Å². The standard InChI is InChI=1S/C38H56O4/c1-28(2)14-9-15-29(3)16-10-17-30(4)18-11-19-31(5)20-12-21-32(6)22-13-23-33(7)24-25-34-26-35(38(40)41)27-36(42-8)37(34)39/h14,16,18,20,22,24,26-27,39H,9-13,15,17,19,21,23,25H2,1-8H3,(H,40,41)/b29-16-,30-18-,31-20-,32-22-,33-24-. The van der Waals surface area contributed by atoms with E-state index in [2.05, 4.69) is 84.9 Å². The minimum Gasteiger partial charge on any atom is -0.504 e. The summed E-state index contributed by atoms with van der Waals surface area (Å²) in [6.07, 6.45) is 25.2. The number of benzene rings is 1. The third-order valence-electron chi connectivity index (χ3n) is 7.51. The molecule has 0 amide bonds. The molecule has 0 saturated carbocycles. The second kappa shape index (κ2) is 20.6. The first kappa shape index (κ1) is 36.8. The summed E-state index contributed by atoms with van der Waals surface area (Å²) in [4.78, 5) is 11.4. The maximum Gasteiger partial charge on any atom is 0.335 e.